The molecule has 1 atom stereocenters. The molecule has 4 aromatic rings. The predicted octanol–water partition coefficient (Wildman–Crippen LogP) is 6.42. The molecule has 0 aliphatic heterocycles. The lowest BCUT2D eigenvalue weighted by Gasteiger charge is -2.14. The van der Waals surface area contributed by atoms with Gasteiger partial charge in [-0.1, -0.05) is 84.0 Å². The first-order valence-electron chi connectivity index (χ1n) is 12.3. The van der Waals surface area contributed by atoms with Crippen LogP contribution in [0.25, 0.3) is 22.5 Å². The molecule has 0 saturated heterocycles. The van der Waals surface area contributed by atoms with E-state index < -0.39 is 17.5 Å². The van der Waals surface area contributed by atoms with E-state index in [2.05, 4.69) is 10.5 Å². The molecule has 1 aromatic heterocycles. The summed E-state index contributed by atoms with van der Waals surface area (Å²) >= 11 is 0. The van der Waals surface area contributed by atoms with Crippen LogP contribution in [0.4, 0.5) is 4.79 Å². The molecule has 1 fully saturated rings. The molecule has 1 saturated carbocycles. The van der Waals surface area contributed by atoms with Crippen molar-refractivity contribution in [2.45, 2.75) is 44.8 Å². The van der Waals surface area contributed by atoms with Gasteiger partial charge in [0.2, 0.25) is 0 Å². The number of nitrogens with zero attached hydrogens (tertiary/aromatic N) is 1. The third-order valence-corrected chi connectivity index (χ3v) is 7.04. The van der Waals surface area contributed by atoms with Crippen molar-refractivity contribution in [3.63, 3.8) is 0 Å². The minimum atomic E-state index is -0.755. The summed E-state index contributed by atoms with van der Waals surface area (Å²) in [4.78, 5) is 24.0. The summed E-state index contributed by atoms with van der Waals surface area (Å²) in [5.41, 5.74) is 5.32. The maximum Gasteiger partial charge on any atom is 0.407 e. The van der Waals surface area contributed by atoms with Gasteiger partial charge in [-0.2, -0.15) is 0 Å². The summed E-state index contributed by atoms with van der Waals surface area (Å²) in [6.07, 6.45) is 0.858. The number of carbonyl (C=O) groups excluding carboxylic acids is 1. The maximum atomic E-state index is 12.4. The van der Waals surface area contributed by atoms with Gasteiger partial charge in [0.25, 0.3) is 0 Å². The number of alkyl carbamates (subject to hydrolysis) is 1. The first-order chi connectivity index (χ1) is 17.9. The summed E-state index contributed by atoms with van der Waals surface area (Å²) in [5.74, 6) is -0.199. The number of hydrogen-bond acceptors (Lipinski definition) is 5. The second-order valence-electron chi connectivity index (χ2n) is 9.47. The molecule has 0 bridgehead atoms. The number of nitrogens with one attached hydrogen (secondary N) is 1. The predicted molar refractivity (Wildman–Crippen MR) is 139 cm³/mol. The number of hydrogen-bond donors (Lipinski definition) is 2. The van der Waals surface area contributed by atoms with E-state index in [1.807, 2.05) is 92.7 Å². The van der Waals surface area contributed by atoms with E-state index in [-0.39, 0.29) is 12.6 Å². The molecule has 0 spiro atoms. The normalized spacial score (nSPS) is 14.5. The Hall–Kier alpha value is -4.39. The van der Waals surface area contributed by atoms with E-state index in [0.29, 0.717) is 29.9 Å². The number of ether oxygens (including phenoxy) is 1. The fraction of sp³-hybridized carbons (Fsp3) is 0.233. The molecule has 1 aliphatic carbocycles. The number of rotatable bonds is 8. The van der Waals surface area contributed by atoms with Gasteiger partial charge in [-0.05, 0) is 48.9 Å². The highest BCUT2D eigenvalue weighted by atomic mass is 16.5. The van der Waals surface area contributed by atoms with Gasteiger partial charge in [-0.3, -0.25) is 4.79 Å². The van der Waals surface area contributed by atoms with E-state index in [1.54, 1.807) is 0 Å². The monoisotopic (exact) mass is 496 g/mol. The zero-order valence-electron chi connectivity index (χ0n) is 20.7. The summed E-state index contributed by atoms with van der Waals surface area (Å²) < 4.78 is 11.1. The number of benzene rings is 3. The molecule has 1 aliphatic rings. The van der Waals surface area contributed by atoms with Crippen LogP contribution < -0.4 is 5.32 Å². The number of carboxylic acid groups (broad SMARTS) is 1. The average Bonchev–Trinajstić information content (AvgIpc) is 3.66. The van der Waals surface area contributed by atoms with Crippen LogP contribution in [0.15, 0.2) is 83.4 Å². The zero-order valence-corrected chi connectivity index (χ0v) is 20.7. The van der Waals surface area contributed by atoms with E-state index in [4.69, 9.17) is 9.26 Å². The van der Waals surface area contributed by atoms with Crippen molar-refractivity contribution >= 4 is 12.1 Å². The van der Waals surface area contributed by atoms with Crippen LogP contribution >= 0.6 is 0 Å². The van der Waals surface area contributed by atoms with Crippen LogP contribution in [0.1, 0.15) is 48.2 Å². The quantitative estimate of drug-likeness (QED) is 0.292. The number of amides is 1. The average molecular weight is 497 g/mol. The van der Waals surface area contributed by atoms with Crippen LogP contribution in [0.2, 0.25) is 0 Å². The van der Waals surface area contributed by atoms with Crippen LogP contribution in [0, 0.1) is 6.92 Å². The van der Waals surface area contributed by atoms with Gasteiger partial charge in [-0.25, -0.2) is 4.79 Å². The molecule has 7 nitrogen and oxygen atoms in total. The molecule has 5 rings (SSSR count). The Bertz CT molecular complexity index is 1400. The van der Waals surface area contributed by atoms with Gasteiger partial charge in [0, 0.05) is 5.56 Å². The lowest BCUT2D eigenvalue weighted by Crippen LogP contribution is -2.27. The smallest absolute Gasteiger partial charge is 0.407 e. The lowest BCUT2D eigenvalue weighted by molar-refractivity contribution is -0.140. The number of carbonyl (C=O) groups is 2. The lowest BCUT2D eigenvalue weighted by atomic mass is 9.93. The van der Waals surface area contributed by atoms with Crippen molar-refractivity contribution in [3.8, 4) is 22.5 Å². The van der Waals surface area contributed by atoms with Gasteiger partial charge >= 0.3 is 12.1 Å². The van der Waals surface area contributed by atoms with E-state index in [1.165, 1.54) is 0 Å². The van der Waals surface area contributed by atoms with Crippen LogP contribution in [0.5, 0.6) is 0 Å². The van der Waals surface area contributed by atoms with Crippen LogP contribution in [-0.2, 0) is 21.6 Å². The van der Waals surface area contributed by atoms with Gasteiger partial charge < -0.3 is 19.7 Å². The van der Waals surface area contributed by atoms with Crippen molar-refractivity contribution < 1.29 is 24.0 Å². The minimum absolute atomic E-state index is 0.0343. The Morgan fingerprint density at radius 2 is 1.57 bits per heavy atom. The van der Waals surface area contributed by atoms with Gasteiger partial charge in [0.1, 0.15) is 6.61 Å². The third kappa shape index (κ3) is 4.98. The second kappa shape index (κ2) is 9.93. The zero-order chi connectivity index (χ0) is 26.0. The number of aromatic nitrogens is 1. The molecule has 1 heterocycles. The van der Waals surface area contributed by atoms with Crippen molar-refractivity contribution in [2.75, 3.05) is 0 Å². The SMILES string of the molecule is Cc1noc(-c2ccc(-c3ccc(C4(C(=O)O)CC4)cc3)cc2)c1COC(=O)N[C@@H](C)c1ccccc1. The van der Waals surface area contributed by atoms with Gasteiger partial charge in [0.05, 0.1) is 22.7 Å². The molecule has 7 heteroatoms. The highest BCUT2D eigenvalue weighted by Gasteiger charge is 2.51. The third-order valence-electron chi connectivity index (χ3n) is 7.04. The standard InChI is InChI=1S/C30H28N2O5/c1-19(21-6-4-3-5-7-21)31-29(35)36-18-26-20(2)32-37-27(26)24-10-8-22(9-11-24)23-12-14-25(15-13-23)30(16-17-30)28(33)34/h3-15,19H,16-18H2,1-2H3,(H,31,35)(H,33,34)/t19-/m0/s1. The molecule has 2 N–H and O–H groups in total. The number of aryl methyl sites for hydroxylation is 1. The molecule has 0 radical (unpaired) electrons. The molecular formula is C30H28N2O5. The topological polar surface area (TPSA) is 102 Å². The fourth-order valence-electron chi connectivity index (χ4n) is 4.51. The maximum absolute atomic E-state index is 12.4. The molecule has 3 aromatic carbocycles. The van der Waals surface area contributed by atoms with Crippen molar-refractivity contribution in [1.82, 2.24) is 10.5 Å². The van der Waals surface area contributed by atoms with Crippen molar-refractivity contribution in [1.29, 1.82) is 0 Å². The Kier molecular flexibility index (Phi) is 6.53. The van der Waals surface area contributed by atoms with Crippen molar-refractivity contribution in [3.05, 3.63) is 101 Å². The van der Waals surface area contributed by atoms with Gasteiger partial charge in [0.15, 0.2) is 5.76 Å². The molecule has 37 heavy (non-hydrogen) atoms. The summed E-state index contributed by atoms with van der Waals surface area (Å²) in [6, 6.07) is 25.0. The first kappa shape index (κ1) is 24.3. The summed E-state index contributed by atoms with van der Waals surface area (Å²) in [6.45, 7) is 3.75. The number of carboxylic acids is 1. The first-order valence-corrected chi connectivity index (χ1v) is 12.3. The number of aliphatic carboxylic acids is 1. The molecule has 188 valence electrons. The molecule has 1 amide bonds. The molecular weight excluding hydrogens is 468 g/mol. The summed E-state index contributed by atoms with van der Waals surface area (Å²) in [7, 11) is 0. The Morgan fingerprint density at radius 3 is 2.16 bits per heavy atom. The molecule has 0 unspecified atom stereocenters. The van der Waals surface area contributed by atoms with Crippen LogP contribution in [0.3, 0.4) is 0 Å². The highest BCUT2D eigenvalue weighted by Crippen LogP contribution is 2.48. The fourth-order valence-corrected chi connectivity index (χ4v) is 4.51. The Morgan fingerprint density at radius 1 is 0.973 bits per heavy atom. The van der Waals surface area contributed by atoms with Gasteiger partial charge in [-0.15, -0.1) is 0 Å². The highest BCUT2D eigenvalue weighted by molar-refractivity contribution is 5.85. The second-order valence-corrected chi connectivity index (χ2v) is 9.47. The van der Waals surface area contributed by atoms with E-state index in [9.17, 15) is 14.7 Å². The van der Waals surface area contributed by atoms with E-state index in [0.717, 1.165) is 27.8 Å². The minimum Gasteiger partial charge on any atom is -0.481 e. The van der Waals surface area contributed by atoms with Crippen LogP contribution in [-0.4, -0.2) is 22.3 Å². The largest absolute Gasteiger partial charge is 0.481 e. The summed E-state index contributed by atoms with van der Waals surface area (Å²) in [5, 5.41) is 16.4. The Labute approximate surface area is 215 Å². The Balaban J connectivity index is 1.25. The van der Waals surface area contributed by atoms with Crippen molar-refractivity contribution in [2.24, 2.45) is 0 Å². The van der Waals surface area contributed by atoms with E-state index >= 15 is 0 Å².